The zero-order chi connectivity index (χ0) is 12.7. The molecule has 0 aromatic carbocycles. The zero-order valence-electron chi connectivity index (χ0n) is 11.8. The maximum Gasteiger partial charge on any atom is 0.0791 e. The molecule has 2 atom stereocenters. The Kier molecular flexibility index (Phi) is 7.09. The number of nitrogens with zero attached hydrogens (tertiary/aromatic N) is 1. The van der Waals surface area contributed by atoms with Crippen LogP contribution in [0.15, 0.2) is 0 Å². The maximum absolute atomic E-state index is 10.0. The van der Waals surface area contributed by atoms with Crippen LogP contribution in [0.25, 0.3) is 0 Å². The van der Waals surface area contributed by atoms with Gasteiger partial charge in [0.05, 0.1) is 6.10 Å². The van der Waals surface area contributed by atoms with Crippen LogP contribution in [0.5, 0.6) is 0 Å². The Balaban J connectivity index is 2.23. The highest BCUT2D eigenvalue weighted by molar-refractivity contribution is 4.82. The van der Waals surface area contributed by atoms with Gasteiger partial charge in [-0.25, -0.2) is 0 Å². The van der Waals surface area contributed by atoms with Gasteiger partial charge in [-0.05, 0) is 39.2 Å². The summed E-state index contributed by atoms with van der Waals surface area (Å²) in [4.78, 5) is 2.43. The molecule has 0 radical (unpaired) electrons. The highest BCUT2D eigenvalue weighted by atomic mass is 16.3. The van der Waals surface area contributed by atoms with Crippen LogP contribution in [0.1, 0.15) is 52.9 Å². The van der Waals surface area contributed by atoms with Crippen LogP contribution in [0.4, 0.5) is 0 Å². The van der Waals surface area contributed by atoms with Gasteiger partial charge < -0.3 is 10.4 Å². The van der Waals surface area contributed by atoms with E-state index in [0.717, 1.165) is 26.1 Å². The highest BCUT2D eigenvalue weighted by Gasteiger charge is 2.22. The van der Waals surface area contributed by atoms with E-state index in [1.807, 2.05) is 0 Å². The van der Waals surface area contributed by atoms with Crippen LogP contribution in [0.2, 0.25) is 0 Å². The predicted molar refractivity (Wildman–Crippen MR) is 73.3 cm³/mol. The SMILES string of the molecule is CCCCN(CC(O)CNC1CC1)C(C)CC. The van der Waals surface area contributed by atoms with Gasteiger partial charge in [0.15, 0.2) is 0 Å². The second-order valence-electron chi connectivity index (χ2n) is 5.44. The van der Waals surface area contributed by atoms with Crippen molar-refractivity contribution in [2.45, 2.75) is 71.1 Å². The van der Waals surface area contributed by atoms with Gasteiger partial charge in [-0.3, -0.25) is 4.90 Å². The topological polar surface area (TPSA) is 35.5 Å². The predicted octanol–water partition coefficient (Wildman–Crippen LogP) is 2.00. The van der Waals surface area contributed by atoms with Crippen LogP contribution in [-0.2, 0) is 0 Å². The van der Waals surface area contributed by atoms with Gasteiger partial charge in [0.25, 0.3) is 0 Å². The molecule has 3 nitrogen and oxygen atoms in total. The van der Waals surface area contributed by atoms with Crippen molar-refractivity contribution in [2.75, 3.05) is 19.6 Å². The maximum atomic E-state index is 10.0. The second kappa shape index (κ2) is 8.06. The smallest absolute Gasteiger partial charge is 0.0791 e. The van der Waals surface area contributed by atoms with Crippen molar-refractivity contribution in [3.63, 3.8) is 0 Å². The van der Waals surface area contributed by atoms with Crippen LogP contribution >= 0.6 is 0 Å². The molecule has 0 saturated heterocycles. The van der Waals surface area contributed by atoms with Crippen LogP contribution < -0.4 is 5.32 Å². The van der Waals surface area contributed by atoms with Gasteiger partial charge in [0.1, 0.15) is 0 Å². The van der Waals surface area contributed by atoms with E-state index in [2.05, 4.69) is 31.0 Å². The molecule has 0 aromatic rings. The molecule has 0 spiro atoms. The molecule has 1 aliphatic carbocycles. The van der Waals surface area contributed by atoms with E-state index in [-0.39, 0.29) is 6.10 Å². The molecule has 17 heavy (non-hydrogen) atoms. The summed E-state index contributed by atoms with van der Waals surface area (Å²) in [6.07, 6.45) is 5.97. The Hall–Kier alpha value is -0.120. The monoisotopic (exact) mass is 242 g/mol. The van der Waals surface area contributed by atoms with E-state index in [0.29, 0.717) is 12.1 Å². The molecule has 2 N–H and O–H groups in total. The number of aliphatic hydroxyl groups is 1. The first-order chi connectivity index (χ1) is 8.17. The molecular weight excluding hydrogens is 212 g/mol. The molecule has 1 rings (SSSR count). The molecule has 0 aromatic heterocycles. The molecule has 0 aliphatic heterocycles. The summed E-state index contributed by atoms with van der Waals surface area (Å²) in [6.45, 7) is 9.39. The molecule has 0 bridgehead atoms. The van der Waals surface area contributed by atoms with Gasteiger partial charge in [-0.2, -0.15) is 0 Å². The normalized spacial score (nSPS) is 19.6. The molecule has 102 valence electrons. The van der Waals surface area contributed by atoms with Crippen molar-refractivity contribution >= 4 is 0 Å². The lowest BCUT2D eigenvalue weighted by molar-refractivity contribution is 0.0878. The minimum Gasteiger partial charge on any atom is -0.390 e. The Morgan fingerprint density at radius 1 is 1.35 bits per heavy atom. The number of aliphatic hydroxyl groups excluding tert-OH is 1. The minimum absolute atomic E-state index is 0.221. The lowest BCUT2D eigenvalue weighted by Gasteiger charge is -2.30. The molecule has 2 unspecified atom stereocenters. The summed E-state index contributed by atoms with van der Waals surface area (Å²) in [6, 6.07) is 1.27. The summed E-state index contributed by atoms with van der Waals surface area (Å²) in [5.41, 5.74) is 0. The van der Waals surface area contributed by atoms with E-state index in [1.165, 1.54) is 25.7 Å². The summed E-state index contributed by atoms with van der Waals surface area (Å²) in [5.74, 6) is 0. The van der Waals surface area contributed by atoms with Crippen molar-refractivity contribution in [2.24, 2.45) is 0 Å². The lowest BCUT2D eigenvalue weighted by Crippen LogP contribution is -2.43. The van der Waals surface area contributed by atoms with E-state index in [9.17, 15) is 5.11 Å². The number of hydrogen-bond acceptors (Lipinski definition) is 3. The van der Waals surface area contributed by atoms with E-state index < -0.39 is 0 Å². The zero-order valence-corrected chi connectivity index (χ0v) is 11.8. The Morgan fingerprint density at radius 3 is 2.59 bits per heavy atom. The molecular formula is C14H30N2O. The molecule has 0 amide bonds. The van der Waals surface area contributed by atoms with E-state index in [4.69, 9.17) is 0 Å². The van der Waals surface area contributed by atoms with Gasteiger partial charge in [0.2, 0.25) is 0 Å². The van der Waals surface area contributed by atoms with Crippen molar-refractivity contribution in [3.05, 3.63) is 0 Å². The number of nitrogens with one attached hydrogen (secondary N) is 1. The van der Waals surface area contributed by atoms with E-state index >= 15 is 0 Å². The van der Waals surface area contributed by atoms with Gasteiger partial charge >= 0.3 is 0 Å². The number of unbranched alkanes of at least 4 members (excludes halogenated alkanes) is 1. The average molecular weight is 242 g/mol. The Bertz CT molecular complexity index is 195. The first-order valence-corrected chi connectivity index (χ1v) is 7.32. The number of rotatable bonds is 10. The first-order valence-electron chi connectivity index (χ1n) is 7.32. The van der Waals surface area contributed by atoms with Crippen LogP contribution in [0, 0.1) is 0 Å². The molecule has 0 heterocycles. The average Bonchev–Trinajstić information content (AvgIpc) is 3.14. The lowest BCUT2D eigenvalue weighted by atomic mass is 10.1. The second-order valence-corrected chi connectivity index (χ2v) is 5.44. The van der Waals surface area contributed by atoms with Gasteiger partial charge in [-0.1, -0.05) is 20.3 Å². The fraction of sp³-hybridized carbons (Fsp3) is 1.00. The van der Waals surface area contributed by atoms with Crippen molar-refractivity contribution < 1.29 is 5.11 Å². The van der Waals surface area contributed by atoms with E-state index in [1.54, 1.807) is 0 Å². The summed E-state index contributed by atoms with van der Waals surface area (Å²) < 4.78 is 0. The molecule has 3 heteroatoms. The standard InChI is InChI=1S/C14H30N2O/c1-4-6-9-16(12(3)5-2)11-14(17)10-15-13-7-8-13/h12-15,17H,4-11H2,1-3H3. The van der Waals surface area contributed by atoms with Crippen LogP contribution in [0.3, 0.4) is 0 Å². The van der Waals surface area contributed by atoms with Crippen molar-refractivity contribution in [3.8, 4) is 0 Å². The van der Waals surface area contributed by atoms with Crippen LogP contribution in [-0.4, -0.2) is 47.8 Å². The number of hydrogen-bond donors (Lipinski definition) is 2. The molecule has 1 saturated carbocycles. The third-order valence-corrected chi connectivity index (χ3v) is 3.68. The van der Waals surface area contributed by atoms with Crippen molar-refractivity contribution in [1.82, 2.24) is 10.2 Å². The third kappa shape index (κ3) is 6.39. The van der Waals surface area contributed by atoms with Crippen molar-refractivity contribution in [1.29, 1.82) is 0 Å². The quantitative estimate of drug-likeness (QED) is 0.615. The fourth-order valence-electron chi connectivity index (χ4n) is 2.04. The fourth-order valence-corrected chi connectivity index (χ4v) is 2.04. The Morgan fingerprint density at radius 2 is 2.06 bits per heavy atom. The summed E-state index contributed by atoms with van der Waals surface area (Å²) in [7, 11) is 0. The molecule has 1 fully saturated rings. The first kappa shape index (κ1) is 14.9. The highest BCUT2D eigenvalue weighted by Crippen LogP contribution is 2.18. The largest absolute Gasteiger partial charge is 0.390 e. The van der Waals surface area contributed by atoms with Gasteiger partial charge in [0, 0.05) is 25.2 Å². The Labute approximate surface area is 107 Å². The summed E-state index contributed by atoms with van der Waals surface area (Å²) >= 11 is 0. The summed E-state index contributed by atoms with van der Waals surface area (Å²) in [5, 5.41) is 13.4. The third-order valence-electron chi connectivity index (χ3n) is 3.68. The minimum atomic E-state index is -0.221. The molecule has 1 aliphatic rings. The van der Waals surface area contributed by atoms with Gasteiger partial charge in [-0.15, -0.1) is 0 Å².